The Labute approximate surface area is 473 Å². The van der Waals surface area contributed by atoms with Crippen LogP contribution in [0.5, 0.6) is 0 Å². The van der Waals surface area contributed by atoms with Gasteiger partial charge in [0, 0.05) is 12.8 Å². The zero-order chi connectivity index (χ0) is 56.4. The van der Waals surface area contributed by atoms with Crippen molar-refractivity contribution in [2.24, 2.45) is 0 Å². The van der Waals surface area contributed by atoms with Gasteiger partial charge in [0.2, 0.25) is 5.91 Å². The van der Waals surface area contributed by atoms with Gasteiger partial charge in [-0.15, -0.1) is 0 Å². The molecule has 1 N–H and O–H groups in total. The van der Waals surface area contributed by atoms with Crippen LogP contribution < -0.4 is 10.2 Å². The van der Waals surface area contributed by atoms with Crippen molar-refractivity contribution in [2.75, 3.05) is 40.9 Å². The molecular weight excluding hydrogens is 976 g/mol. The molecule has 0 aromatic heterocycles. The predicted octanol–water partition coefficient (Wildman–Crippen LogP) is 18.5. The average Bonchev–Trinajstić information content (AvgIpc) is 3.39. The van der Waals surface area contributed by atoms with Crippen LogP contribution in [0, 0.1) is 0 Å². The number of quaternary nitrogens is 1. The van der Waals surface area contributed by atoms with E-state index in [-0.39, 0.29) is 31.3 Å². The van der Waals surface area contributed by atoms with E-state index >= 15 is 0 Å². The van der Waals surface area contributed by atoms with E-state index < -0.39 is 26.6 Å². The molecule has 0 spiro atoms. The van der Waals surface area contributed by atoms with Crippen molar-refractivity contribution in [1.82, 2.24) is 5.32 Å². The third-order valence-corrected chi connectivity index (χ3v) is 13.8. The Morgan fingerprint density at radius 3 is 1.27 bits per heavy atom. The van der Waals surface area contributed by atoms with Crippen LogP contribution in [-0.2, 0) is 27.9 Å². The summed E-state index contributed by atoms with van der Waals surface area (Å²) < 4.78 is 30.3. The fourth-order valence-corrected chi connectivity index (χ4v) is 8.84. The zero-order valence-corrected chi connectivity index (χ0v) is 51.0. The van der Waals surface area contributed by atoms with Crippen molar-refractivity contribution < 1.29 is 37.3 Å². The molecule has 3 unspecified atom stereocenters. The number of nitrogens with one attached hydrogen (secondary N) is 1. The highest BCUT2D eigenvalue weighted by Crippen LogP contribution is 2.38. The van der Waals surface area contributed by atoms with Crippen LogP contribution in [0.2, 0.25) is 0 Å². The lowest BCUT2D eigenvalue weighted by Crippen LogP contribution is -2.47. The van der Waals surface area contributed by atoms with Gasteiger partial charge >= 0.3 is 5.97 Å². The number of esters is 1. The molecule has 0 saturated heterocycles. The molecule has 0 aliphatic carbocycles. The van der Waals surface area contributed by atoms with Crippen LogP contribution in [0.25, 0.3) is 0 Å². The Morgan fingerprint density at radius 2 is 0.831 bits per heavy atom. The number of carbonyl (C=O) groups is 2. The van der Waals surface area contributed by atoms with E-state index in [1.165, 1.54) is 83.5 Å². The third kappa shape index (κ3) is 56.9. The number of hydrogen-bond donors (Lipinski definition) is 1. The molecule has 0 aromatic rings. The maximum absolute atomic E-state index is 13.5. The van der Waals surface area contributed by atoms with Crippen LogP contribution in [-0.4, -0.2) is 69.4 Å². The Kier molecular flexibility index (Phi) is 53.1. The summed E-state index contributed by atoms with van der Waals surface area (Å²) in [6, 6.07) is -0.928. The number of phosphoric ester groups is 1. The Hall–Kier alpha value is -3.59. The monoisotopic (exact) mass is 1090 g/mol. The quantitative estimate of drug-likeness (QED) is 0.0212. The highest BCUT2D eigenvalue weighted by Gasteiger charge is 2.27. The van der Waals surface area contributed by atoms with E-state index in [9.17, 15) is 19.0 Å². The average molecular weight is 1090 g/mol. The highest BCUT2D eigenvalue weighted by atomic mass is 31.2. The molecule has 0 rings (SSSR count). The summed E-state index contributed by atoms with van der Waals surface area (Å²) in [6.45, 7) is 6.64. The first kappa shape index (κ1) is 73.4. The largest absolute Gasteiger partial charge is 0.756 e. The lowest BCUT2D eigenvalue weighted by atomic mass is 10.0. The van der Waals surface area contributed by atoms with Gasteiger partial charge in [0.15, 0.2) is 0 Å². The zero-order valence-electron chi connectivity index (χ0n) is 50.1. The summed E-state index contributed by atoms with van der Waals surface area (Å²) in [5.41, 5.74) is 0. The van der Waals surface area contributed by atoms with Crippen LogP contribution in [0.3, 0.4) is 0 Å². The van der Waals surface area contributed by atoms with E-state index in [2.05, 4.69) is 135 Å². The molecule has 9 nitrogen and oxygen atoms in total. The molecule has 0 aliphatic rings. The lowest BCUT2D eigenvalue weighted by Gasteiger charge is -2.30. The minimum Gasteiger partial charge on any atom is -0.756 e. The SMILES string of the molecule is CC/C=C\C/C=C\C/C=C\C/C=C\C/C=C\CCCCCC(=O)OC(/C=C/CCCCCCCCCCCCC)C(COP(=O)([O-])OCC[N+](C)(C)C)NC(=O)CCCCC/C=C\C/C=C\C/C=C\C/C=C\CCCCC. The third-order valence-electron chi connectivity index (χ3n) is 12.9. The second-order valence-electron chi connectivity index (χ2n) is 21.5. The molecule has 10 heteroatoms. The first-order valence-electron chi connectivity index (χ1n) is 30.8. The van der Waals surface area contributed by atoms with Gasteiger partial charge < -0.3 is 28.5 Å². The van der Waals surface area contributed by atoms with Gasteiger partial charge in [0.05, 0.1) is 33.8 Å². The molecule has 0 aliphatic heterocycles. The molecule has 0 aromatic carbocycles. The number of nitrogens with zero attached hydrogens (tertiary/aromatic N) is 1. The van der Waals surface area contributed by atoms with Crippen LogP contribution in [0.4, 0.5) is 0 Å². The van der Waals surface area contributed by atoms with E-state index in [0.29, 0.717) is 23.9 Å². The van der Waals surface area contributed by atoms with Gasteiger partial charge in [-0.25, -0.2) is 0 Å². The van der Waals surface area contributed by atoms with Crippen molar-refractivity contribution in [3.05, 3.63) is 122 Å². The molecule has 0 saturated carbocycles. The summed E-state index contributed by atoms with van der Waals surface area (Å²) >= 11 is 0. The molecule has 0 bridgehead atoms. The standard InChI is InChI=1S/C67H115N2O7P/c1-7-10-13-16-19-22-25-28-30-32-34-36-38-41-44-47-50-53-56-59-66(70)68-64(63-75-77(72,73)74-62-61-69(4,5)6)65(58-55-52-49-46-43-40-27-24-21-18-15-12-9-3)76-67(71)60-57-54-51-48-45-42-39-37-35-33-31-29-26-23-20-17-14-11-8-2/h11,14,19-20,22-23,28-31,34-37,41-42,44-45,55,58,64-65H,7-10,12-13,15-18,21,24-27,32-33,38-40,43,46-54,56-57,59-63H2,1-6H3,(H-,68,70,72,73)/b14-11-,22-19-,23-20-,30-28-,31-29-,36-34-,37-35-,44-41-,45-42-,58-55+. The molecule has 3 atom stereocenters. The summed E-state index contributed by atoms with van der Waals surface area (Å²) in [6.07, 6.45) is 77.3. The van der Waals surface area contributed by atoms with Crippen molar-refractivity contribution in [1.29, 1.82) is 0 Å². The van der Waals surface area contributed by atoms with Gasteiger partial charge in [-0.2, -0.15) is 0 Å². The molecule has 1 amide bonds. The maximum atomic E-state index is 13.5. The lowest BCUT2D eigenvalue weighted by molar-refractivity contribution is -0.870. The van der Waals surface area contributed by atoms with Crippen molar-refractivity contribution in [2.45, 2.75) is 251 Å². The van der Waals surface area contributed by atoms with E-state index in [0.717, 1.165) is 109 Å². The molecule has 440 valence electrons. The van der Waals surface area contributed by atoms with Gasteiger partial charge in [-0.1, -0.05) is 226 Å². The minimum atomic E-state index is -4.72. The Bertz CT molecular complexity index is 1730. The fraction of sp³-hybridized carbons (Fsp3) is 0.672. The van der Waals surface area contributed by atoms with Gasteiger partial charge in [-0.3, -0.25) is 14.2 Å². The molecule has 0 radical (unpaired) electrons. The van der Waals surface area contributed by atoms with E-state index in [4.69, 9.17) is 13.8 Å². The second kappa shape index (κ2) is 55.7. The maximum Gasteiger partial charge on any atom is 0.306 e. The highest BCUT2D eigenvalue weighted by molar-refractivity contribution is 7.45. The first-order valence-corrected chi connectivity index (χ1v) is 32.3. The Morgan fingerprint density at radius 1 is 0.468 bits per heavy atom. The second-order valence-corrected chi connectivity index (χ2v) is 22.9. The molecule has 0 fully saturated rings. The van der Waals surface area contributed by atoms with Crippen molar-refractivity contribution in [3.63, 3.8) is 0 Å². The van der Waals surface area contributed by atoms with Crippen LogP contribution in [0.15, 0.2) is 122 Å². The van der Waals surface area contributed by atoms with Gasteiger partial charge in [-0.05, 0) is 122 Å². The number of carbonyl (C=O) groups excluding carboxylic acids is 2. The van der Waals surface area contributed by atoms with Crippen molar-refractivity contribution in [3.8, 4) is 0 Å². The van der Waals surface area contributed by atoms with E-state index in [1.54, 1.807) is 0 Å². The molecular formula is C67H115N2O7P. The number of allylic oxidation sites excluding steroid dienone is 19. The first-order chi connectivity index (χ1) is 37.4. The summed E-state index contributed by atoms with van der Waals surface area (Å²) in [5, 5.41) is 3.00. The van der Waals surface area contributed by atoms with Gasteiger partial charge in [0.25, 0.3) is 7.82 Å². The summed E-state index contributed by atoms with van der Waals surface area (Å²) in [5.74, 6) is -0.623. The summed E-state index contributed by atoms with van der Waals surface area (Å²) in [4.78, 5) is 40.0. The van der Waals surface area contributed by atoms with Crippen molar-refractivity contribution >= 4 is 19.7 Å². The fourth-order valence-electron chi connectivity index (χ4n) is 8.12. The topological polar surface area (TPSA) is 114 Å². The summed E-state index contributed by atoms with van der Waals surface area (Å²) in [7, 11) is 1.13. The number of rotatable bonds is 54. The van der Waals surface area contributed by atoms with Crippen LogP contribution >= 0.6 is 7.82 Å². The smallest absolute Gasteiger partial charge is 0.306 e. The van der Waals surface area contributed by atoms with Gasteiger partial charge in [0.1, 0.15) is 19.3 Å². The number of unbranched alkanes of at least 4 members (excludes halogenated alkanes) is 20. The minimum absolute atomic E-state index is 0.0410. The number of amides is 1. The Balaban J connectivity index is 5.44. The number of hydrogen-bond acceptors (Lipinski definition) is 7. The predicted molar refractivity (Wildman–Crippen MR) is 330 cm³/mol. The number of phosphoric acid groups is 1. The molecule has 0 heterocycles. The number of likely N-dealkylation sites (N-methyl/N-ethyl adjacent to an activating group) is 1. The van der Waals surface area contributed by atoms with E-state index in [1.807, 2.05) is 33.3 Å². The molecule has 77 heavy (non-hydrogen) atoms. The number of ether oxygens (including phenoxy) is 1. The van der Waals surface area contributed by atoms with Crippen LogP contribution in [0.1, 0.15) is 239 Å². The normalized spacial score (nSPS) is 14.5.